The van der Waals surface area contributed by atoms with Crippen molar-refractivity contribution in [1.29, 1.82) is 0 Å². The maximum Gasteiger partial charge on any atom is 0.328 e. The second-order valence-electron chi connectivity index (χ2n) is 6.19. The number of aryl methyl sites for hydroxylation is 1. The van der Waals surface area contributed by atoms with Gasteiger partial charge in [0, 0.05) is 27.7 Å². The third-order valence-corrected chi connectivity index (χ3v) is 5.09. The van der Waals surface area contributed by atoms with Gasteiger partial charge in [-0.05, 0) is 36.2 Å². The predicted molar refractivity (Wildman–Crippen MR) is 105 cm³/mol. The Bertz CT molecular complexity index is 911. The molecule has 140 valence electrons. The molecule has 2 aromatic carbocycles. The van der Waals surface area contributed by atoms with Crippen molar-refractivity contribution in [3.63, 3.8) is 0 Å². The fourth-order valence-corrected chi connectivity index (χ4v) is 3.87. The monoisotopic (exact) mass is 405 g/mol. The molecule has 6 nitrogen and oxygen atoms in total. The molecule has 0 spiro atoms. The molecule has 27 heavy (non-hydrogen) atoms. The number of hydrogen-bond donors (Lipinski definition) is 2. The number of hydrazone groups is 1. The van der Waals surface area contributed by atoms with Crippen molar-refractivity contribution in [2.75, 3.05) is 10.3 Å². The van der Waals surface area contributed by atoms with Gasteiger partial charge < -0.3 is 10.4 Å². The number of aliphatic carboxylic acids is 1. The normalized spacial score (nSPS) is 18.4. The average Bonchev–Trinajstić information content (AvgIpc) is 2.63. The van der Waals surface area contributed by atoms with Crippen LogP contribution in [0.3, 0.4) is 0 Å². The Kier molecular flexibility index (Phi) is 5.71. The third-order valence-electron chi connectivity index (χ3n) is 4.56. The molecule has 8 heteroatoms. The lowest BCUT2D eigenvalue weighted by Crippen LogP contribution is -2.44. The summed E-state index contributed by atoms with van der Waals surface area (Å²) in [4.78, 5) is 22.6. The zero-order valence-electron chi connectivity index (χ0n) is 14.4. The van der Waals surface area contributed by atoms with Crippen LogP contribution < -0.4 is 10.3 Å². The Morgan fingerprint density at radius 2 is 2.04 bits per heavy atom. The Labute approximate surface area is 166 Å². The van der Waals surface area contributed by atoms with Gasteiger partial charge in [0.15, 0.2) is 6.04 Å². The number of fused-ring (bicyclic) bond motifs is 1. The number of carbonyl (C=O) groups excluding carboxylic acids is 1. The fourth-order valence-electron chi connectivity index (χ4n) is 3.26. The van der Waals surface area contributed by atoms with Gasteiger partial charge in [0.25, 0.3) is 6.08 Å². The Morgan fingerprint density at radius 3 is 2.63 bits per heavy atom. The first-order valence-corrected chi connectivity index (χ1v) is 9.14. The lowest BCUT2D eigenvalue weighted by molar-refractivity contribution is -0.139. The van der Waals surface area contributed by atoms with Crippen LogP contribution in [-0.2, 0) is 16.0 Å². The molecule has 2 atom stereocenters. The smallest absolute Gasteiger partial charge is 0.328 e. The van der Waals surface area contributed by atoms with E-state index in [9.17, 15) is 14.7 Å². The van der Waals surface area contributed by atoms with Gasteiger partial charge in [0.05, 0.1) is 11.7 Å². The Morgan fingerprint density at radius 1 is 1.33 bits per heavy atom. The van der Waals surface area contributed by atoms with E-state index in [-0.39, 0.29) is 6.42 Å². The summed E-state index contributed by atoms with van der Waals surface area (Å²) < 4.78 is 0. The second kappa shape index (κ2) is 8.01. The summed E-state index contributed by atoms with van der Waals surface area (Å²) in [5.74, 6) is -1.11. The number of carbonyl (C=O) groups is 1. The Hall–Kier alpha value is -2.53. The molecule has 1 aliphatic rings. The molecule has 1 aliphatic heterocycles. The van der Waals surface area contributed by atoms with E-state index < -0.39 is 18.1 Å². The molecule has 0 amide bonds. The molecule has 1 heterocycles. The van der Waals surface area contributed by atoms with Crippen molar-refractivity contribution in [2.45, 2.75) is 31.8 Å². The molecule has 2 N–H and O–H groups in total. The van der Waals surface area contributed by atoms with Crippen molar-refractivity contribution in [3.05, 3.63) is 57.6 Å². The minimum atomic E-state index is -1.11. The zero-order valence-corrected chi connectivity index (χ0v) is 16.0. The first-order chi connectivity index (χ1) is 12.9. The maximum atomic E-state index is 11.8. The van der Waals surface area contributed by atoms with E-state index in [4.69, 9.17) is 23.2 Å². The van der Waals surface area contributed by atoms with E-state index in [0.29, 0.717) is 21.3 Å². The highest BCUT2D eigenvalue weighted by Gasteiger charge is 2.39. The van der Waals surface area contributed by atoms with Crippen LogP contribution in [0.15, 0.2) is 41.5 Å². The number of rotatable bonds is 5. The van der Waals surface area contributed by atoms with Crippen molar-refractivity contribution in [1.82, 2.24) is 0 Å². The number of nitrogens with zero attached hydrogens (tertiary/aromatic N) is 2. The summed E-state index contributed by atoms with van der Waals surface area (Å²) in [5, 5.41) is 18.3. The number of anilines is 2. The third kappa shape index (κ3) is 3.93. The average molecular weight is 406 g/mol. The number of halogens is 2. The molecule has 0 saturated carbocycles. The van der Waals surface area contributed by atoms with Crippen molar-refractivity contribution in [2.24, 2.45) is 5.10 Å². The van der Waals surface area contributed by atoms with Crippen LogP contribution in [0.1, 0.15) is 30.5 Å². The lowest BCUT2D eigenvalue weighted by Gasteiger charge is -2.37. The molecule has 0 aliphatic carbocycles. The van der Waals surface area contributed by atoms with E-state index in [0.717, 1.165) is 17.1 Å². The molecule has 0 aromatic heterocycles. The number of benzene rings is 2. The molecule has 2 aromatic rings. The quantitative estimate of drug-likeness (QED) is 0.559. The van der Waals surface area contributed by atoms with Crippen LogP contribution in [0.5, 0.6) is 0 Å². The molecule has 3 rings (SSSR count). The van der Waals surface area contributed by atoms with Crippen LogP contribution in [0.4, 0.5) is 11.4 Å². The number of carboxylic acid groups (broad SMARTS) is 1. The molecule has 0 unspecified atom stereocenters. The van der Waals surface area contributed by atoms with Gasteiger partial charge in [0.2, 0.25) is 0 Å². The highest BCUT2D eigenvalue weighted by atomic mass is 35.5. The SMILES string of the molecule is CCc1ccc(N[C@H]2C[C@H](C(=O)O)N(N=C=O)c3cc(Cl)cc(Cl)c32)cc1. The molecular weight excluding hydrogens is 389 g/mol. The zero-order chi connectivity index (χ0) is 19.6. The first kappa shape index (κ1) is 19.2. The van der Waals surface area contributed by atoms with Crippen molar-refractivity contribution < 1.29 is 14.7 Å². The van der Waals surface area contributed by atoms with E-state index >= 15 is 0 Å². The molecule has 0 saturated heterocycles. The fraction of sp³-hybridized carbons (Fsp3) is 0.263. The van der Waals surface area contributed by atoms with Gasteiger partial charge in [-0.25, -0.2) is 14.6 Å². The lowest BCUT2D eigenvalue weighted by atomic mass is 9.91. The topological polar surface area (TPSA) is 82.0 Å². The number of isocyanates is 1. The van der Waals surface area contributed by atoms with E-state index in [2.05, 4.69) is 17.3 Å². The van der Waals surface area contributed by atoms with Gasteiger partial charge in [-0.3, -0.25) is 0 Å². The summed E-state index contributed by atoms with van der Waals surface area (Å²) in [6, 6.07) is 9.58. The maximum absolute atomic E-state index is 11.8. The van der Waals surface area contributed by atoms with Crippen LogP contribution in [0.2, 0.25) is 10.0 Å². The van der Waals surface area contributed by atoms with Crippen LogP contribution >= 0.6 is 23.2 Å². The summed E-state index contributed by atoms with van der Waals surface area (Å²) in [6.07, 6.45) is 2.49. The molecule has 0 radical (unpaired) electrons. The highest BCUT2D eigenvalue weighted by Crippen LogP contribution is 2.44. The van der Waals surface area contributed by atoms with Gasteiger partial charge >= 0.3 is 5.97 Å². The molecule has 0 fully saturated rings. The summed E-state index contributed by atoms with van der Waals surface area (Å²) in [6.45, 7) is 2.07. The summed E-state index contributed by atoms with van der Waals surface area (Å²) >= 11 is 12.5. The molecular formula is C19H17Cl2N3O3. The van der Waals surface area contributed by atoms with Crippen molar-refractivity contribution in [3.8, 4) is 0 Å². The largest absolute Gasteiger partial charge is 0.480 e. The number of carboxylic acids is 1. The van der Waals surface area contributed by atoms with Gasteiger partial charge in [-0.15, -0.1) is 0 Å². The minimum absolute atomic E-state index is 0.157. The highest BCUT2D eigenvalue weighted by molar-refractivity contribution is 6.35. The van der Waals surface area contributed by atoms with Crippen LogP contribution in [-0.4, -0.2) is 23.2 Å². The molecule has 0 bridgehead atoms. The number of hydrogen-bond acceptors (Lipinski definition) is 5. The number of nitrogens with one attached hydrogen (secondary N) is 1. The van der Waals surface area contributed by atoms with E-state index in [1.54, 1.807) is 12.1 Å². The summed E-state index contributed by atoms with van der Waals surface area (Å²) in [5.41, 5.74) is 3.05. The van der Waals surface area contributed by atoms with Gasteiger partial charge in [-0.1, -0.05) is 47.4 Å². The van der Waals surface area contributed by atoms with E-state index in [1.165, 1.54) is 11.6 Å². The van der Waals surface area contributed by atoms with Crippen LogP contribution in [0.25, 0.3) is 0 Å². The van der Waals surface area contributed by atoms with Crippen LogP contribution in [0, 0.1) is 0 Å². The minimum Gasteiger partial charge on any atom is -0.480 e. The first-order valence-electron chi connectivity index (χ1n) is 8.38. The Balaban J connectivity index is 2.07. The predicted octanol–water partition coefficient (Wildman–Crippen LogP) is 4.62. The van der Waals surface area contributed by atoms with Gasteiger partial charge in [-0.2, -0.15) is 0 Å². The van der Waals surface area contributed by atoms with E-state index in [1.807, 2.05) is 24.3 Å². The van der Waals surface area contributed by atoms with Gasteiger partial charge in [0.1, 0.15) is 0 Å². The van der Waals surface area contributed by atoms with Crippen molar-refractivity contribution >= 4 is 46.6 Å². The standard InChI is InChI=1S/C19H17Cl2N3O3/c1-2-11-3-5-13(6-4-11)23-15-9-17(19(26)27)24(22-10-25)16-8-12(20)7-14(21)18(15)16/h3-8,15,17,23H,2,9H2,1H3,(H,26,27)/t15-,17+/m0/s1. The summed E-state index contributed by atoms with van der Waals surface area (Å²) in [7, 11) is 0. The second-order valence-corrected chi connectivity index (χ2v) is 7.04.